The first kappa shape index (κ1) is 20.7. The van der Waals surface area contributed by atoms with E-state index in [1.165, 1.54) is 0 Å². The van der Waals surface area contributed by atoms with Gasteiger partial charge in [-0.15, -0.1) is 0 Å². The van der Waals surface area contributed by atoms with Gasteiger partial charge in [-0.2, -0.15) is 0 Å². The summed E-state index contributed by atoms with van der Waals surface area (Å²) in [6, 6.07) is 11.8. The van der Waals surface area contributed by atoms with Crippen LogP contribution in [0.4, 0.5) is 11.4 Å². The second kappa shape index (κ2) is 9.07. The topological polar surface area (TPSA) is 94.2 Å². The van der Waals surface area contributed by atoms with Crippen LogP contribution in [0.5, 0.6) is 11.5 Å². The lowest BCUT2D eigenvalue weighted by atomic mass is 10.1. The smallest absolute Gasteiger partial charge is 0.338 e. The van der Waals surface area contributed by atoms with E-state index in [1.807, 2.05) is 6.92 Å². The number of benzene rings is 2. The van der Waals surface area contributed by atoms with Crippen LogP contribution in [-0.4, -0.2) is 44.1 Å². The third-order valence-corrected chi connectivity index (χ3v) is 5.16. The zero-order chi connectivity index (χ0) is 21.8. The summed E-state index contributed by atoms with van der Waals surface area (Å²) in [4.78, 5) is 38.7. The molecule has 1 fully saturated rings. The highest BCUT2D eigenvalue weighted by atomic mass is 16.6. The van der Waals surface area contributed by atoms with Crippen LogP contribution in [0.1, 0.15) is 30.1 Å². The number of nitrogens with one attached hydrogen (secondary N) is 1. The van der Waals surface area contributed by atoms with Crippen LogP contribution in [-0.2, 0) is 14.3 Å². The minimum atomic E-state index is -0.477. The molecular formula is C23H24N2O6. The van der Waals surface area contributed by atoms with Crippen molar-refractivity contribution in [2.45, 2.75) is 19.8 Å². The molecule has 2 heterocycles. The summed E-state index contributed by atoms with van der Waals surface area (Å²) in [6.45, 7) is 3.54. The van der Waals surface area contributed by atoms with Crippen LogP contribution in [0, 0.1) is 5.92 Å². The number of anilines is 2. The van der Waals surface area contributed by atoms with E-state index in [0.717, 1.165) is 6.42 Å². The van der Waals surface area contributed by atoms with E-state index in [-0.39, 0.29) is 24.8 Å². The number of rotatable bonds is 6. The molecule has 0 unspecified atom stereocenters. The molecule has 31 heavy (non-hydrogen) atoms. The molecule has 0 saturated carbocycles. The van der Waals surface area contributed by atoms with E-state index < -0.39 is 11.9 Å². The Morgan fingerprint density at radius 1 is 1.10 bits per heavy atom. The summed E-state index contributed by atoms with van der Waals surface area (Å²) in [5.41, 5.74) is 1.66. The maximum absolute atomic E-state index is 12.7. The number of ether oxygens (including phenoxy) is 3. The van der Waals surface area contributed by atoms with Crippen LogP contribution in [0.3, 0.4) is 0 Å². The summed E-state index contributed by atoms with van der Waals surface area (Å²) in [7, 11) is 0. The van der Waals surface area contributed by atoms with Gasteiger partial charge in [-0.25, -0.2) is 4.79 Å². The van der Waals surface area contributed by atoms with Crippen LogP contribution >= 0.6 is 0 Å². The van der Waals surface area contributed by atoms with Crippen molar-refractivity contribution in [1.82, 2.24) is 0 Å². The van der Waals surface area contributed by atoms with E-state index >= 15 is 0 Å². The van der Waals surface area contributed by atoms with E-state index in [9.17, 15) is 14.4 Å². The SMILES string of the molecule is CCCOC(=O)c1ccc(NC(=O)[C@H]2CC(=O)N(c3ccc4c(c3)OCCO4)C2)cc1. The van der Waals surface area contributed by atoms with Gasteiger partial charge in [0.25, 0.3) is 0 Å². The van der Waals surface area contributed by atoms with Crippen molar-refractivity contribution in [3.8, 4) is 11.5 Å². The van der Waals surface area contributed by atoms with Crippen molar-refractivity contribution >= 4 is 29.2 Å². The van der Waals surface area contributed by atoms with Crippen molar-refractivity contribution in [3.63, 3.8) is 0 Å². The lowest BCUT2D eigenvalue weighted by Crippen LogP contribution is -2.28. The van der Waals surface area contributed by atoms with E-state index in [2.05, 4.69) is 5.32 Å². The average Bonchev–Trinajstić information content (AvgIpc) is 3.19. The number of hydrogen-bond acceptors (Lipinski definition) is 6. The third-order valence-electron chi connectivity index (χ3n) is 5.16. The number of amides is 2. The lowest BCUT2D eigenvalue weighted by molar-refractivity contribution is -0.122. The molecule has 8 nitrogen and oxygen atoms in total. The molecule has 0 aromatic heterocycles. The van der Waals surface area contributed by atoms with Gasteiger partial charge in [0.2, 0.25) is 11.8 Å². The van der Waals surface area contributed by atoms with Gasteiger partial charge in [-0.05, 0) is 42.8 Å². The van der Waals surface area contributed by atoms with Gasteiger partial charge in [0, 0.05) is 30.4 Å². The molecule has 4 rings (SSSR count). The quantitative estimate of drug-likeness (QED) is 0.717. The Bertz CT molecular complexity index is 988. The van der Waals surface area contributed by atoms with Gasteiger partial charge >= 0.3 is 5.97 Å². The average molecular weight is 424 g/mol. The molecule has 2 aromatic rings. The summed E-state index contributed by atoms with van der Waals surface area (Å²) < 4.78 is 16.2. The molecule has 0 spiro atoms. The van der Waals surface area contributed by atoms with E-state index in [0.29, 0.717) is 48.3 Å². The summed E-state index contributed by atoms with van der Waals surface area (Å²) in [5.74, 6) is 0.0200. The Kier molecular flexibility index (Phi) is 6.06. The second-order valence-electron chi connectivity index (χ2n) is 7.44. The fourth-order valence-corrected chi connectivity index (χ4v) is 3.54. The number of carbonyl (C=O) groups excluding carboxylic acids is 3. The molecule has 2 amide bonds. The van der Waals surface area contributed by atoms with Gasteiger partial charge in [-0.3, -0.25) is 9.59 Å². The minimum absolute atomic E-state index is 0.120. The maximum atomic E-state index is 12.7. The van der Waals surface area contributed by atoms with Gasteiger partial charge in [0.1, 0.15) is 13.2 Å². The summed E-state index contributed by atoms with van der Waals surface area (Å²) >= 11 is 0. The molecule has 162 valence electrons. The molecule has 2 aliphatic heterocycles. The van der Waals surface area contributed by atoms with Gasteiger partial charge in [0.05, 0.1) is 18.1 Å². The highest BCUT2D eigenvalue weighted by Crippen LogP contribution is 2.36. The van der Waals surface area contributed by atoms with Crippen molar-refractivity contribution in [2.75, 3.05) is 36.6 Å². The Labute approximate surface area is 180 Å². The molecule has 1 N–H and O–H groups in total. The monoisotopic (exact) mass is 424 g/mol. The second-order valence-corrected chi connectivity index (χ2v) is 7.44. The van der Waals surface area contributed by atoms with Crippen LogP contribution in [0.15, 0.2) is 42.5 Å². The number of carbonyl (C=O) groups is 3. The summed E-state index contributed by atoms with van der Waals surface area (Å²) in [5, 5.41) is 2.82. The molecule has 0 radical (unpaired) electrons. The van der Waals surface area contributed by atoms with E-state index in [1.54, 1.807) is 47.4 Å². The van der Waals surface area contributed by atoms with Crippen LogP contribution in [0.25, 0.3) is 0 Å². The van der Waals surface area contributed by atoms with Crippen molar-refractivity contribution in [1.29, 1.82) is 0 Å². The molecule has 1 atom stereocenters. The number of nitrogens with zero attached hydrogens (tertiary/aromatic N) is 1. The minimum Gasteiger partial charge on any atom is -0.486 e. The number of esters is 1. The zero-order valence-electron chi connectivity index (χ0n) is 17.3. The fourth-order valence-electron chi connectivity index (χ4n) is 3.54. The Balaban J connectivity index is 1.38. The van der Waals surface area contributed by atoms with Crippen molar-refractivity contribution < 1.29 is 28.6 Å². The van der Waals surface area contributed by atoms with Gasteiger partial charge in [-0.1, -0.05) is 6.92 Å². The van der Waals surface area contributed by atoms with Gasteiger partial charge in [0.15, 0.2) is 11.5 Å². The fraction of sp³-hybridized carbons (Fsp3) is 0.348. The van der Waals surface area contributed by atoms with Crippen molar-refractivity contribution in [3.05, 3.63) is 48.0 Å². The molecule has 0 aliphatic carbocycles. The molecule has 0 bridgehead atoms. The normalized spacial score (nSPS) is 17.4. The number of hydrogen-bond donors (Lipinski definition) is 1. The predicted octanol–water partition coefficient (Wildman–Crippen LogP) is 3.02. The predicted molar refractivity (Wildman–Crippen MR) is 114 cm³/mol. The Morgan fingerprint density at radius 2 is 1.84 bits per heavy atom. The Morgan fingerprint density at radius 3 is 2.58 bits per heavy atom. The standard InChI is InChI=1S/C23H24N2O6/c1-2-9-31-23(28)15-3-5-17(6-4-15)24-22(27)16-12-21(26)25(14-16)18-7-8-19-20(13-18)30-11-10-29-19/h3-8,13,16H,2,9-12,14H2,1H3,(H,24,27)/t16-/m0/s1. The molecule has 8 heteroatoms. The Hall–Kier alpha value is -3.55. The molecular weight excluding hydrogens is 400 g/mol. The largest absolute Gasteiger partial charge is 0.486 e. The van der Waals surface area contributed by atoms with Crippen LogP contribution in [0.2, 0.25) is 0 Å². The van der Waals surface area contributed by atoms with Crippen LogP contribution < -0.4 is 19.7 Å². The first-order valence-corrected chi connectivity index (χ1v) is 10.3. The van der Waals surface area contributed by atoms with Crippen molar-refractivity contribution in [2.24, 2.45) is 5.92 Å². The first-order valence-electron chi connectivity index (χ1n) is 10.3. The molecule has 2 aliphatic rings. The molecule has 1 saturated heterocycles. The summed E-state index contributed by atoms with van der Waals surface area (Å²) in [6.07, 6.45) is 0.880. The molecule has 2 aromatic carbocycles. The maximum Gasteiger partial charge on any atom is 0.338 e. The third kappa shape index (κ3) is 4.63. The van der Waals surface area contributed by atoms with E-state index in [4.69, 9.17) is 14.2 Å². The lowest BCUT2D eigenvalue weighted by Gasteiger charge is -2.22. The zero-order valence-corrected chi connectivity index (χ0v) is 17.3. The number of fused-ring (bicyclic) bond motifs is 1. The van der Waals surface area contributed by atoms with Gasteiger partial charge < -0.3 is 24.4 Å². The first-order chi connectivity index (χ1) is 15.0. The highest BCUT2D eigenvalue weighted by Gasteiger charge is 2.35. The highest BCUT2D eigenvalue weighted by molar-refractivity contribution is 6.03.